The lowest BCUT2D eigenvalue weighted by atomic mass is 10.1. The van der Waals surface area contributed by atoms with E-state index >= 15 is 0 Å². The number of hydrogen-bond acceptors (Lipinski definition) is 5. The van der Waals surface area contributed by atoms with E-state index < -0.39 is 28.0 Å². The highest BCUT2D eigenvalue weighted by Gasteiger charge is 2.40. The second-order valence-corrected chi connectivity index (χ2v) is 7.40. The van der Waals surface area contributed by atoms with Crippen molar-refractivity contribution in [3.8, 4) is 0 Å². The molecule has 1 saturated carbocycles. The molecule has 0 radical (unpaired) electrons. The van der Waals surface area contributed by atoms with E-state index in [0.29, 0.717) is 13.0 Å². The number of carboxylic acids is 1. The third-order valence-electron chi connectivity index (χ3n) is 3.86. The number of carboxylic acid groups (broad SMARTS) is 1. The molecule has 3 atom stereocenters. The minimum absolute atomic E-state index is 0.0618. The summed E-state index contributed by atoms with van der Waals surface area (Å²) in [6.45, 7) is 0.335. The van der Waals surface area contributed by atoms with Crippen LogP contribution in [-0.2, 0) is 14.6 Å². The number of carbonyl (C=O) groups is 1. The second kappa shape index (κ2) is 5.14. The fourth-order valence-corrected chi connectivity index (χ4v) is 4.57. The van der Waals surface area contributed by atoms with Crippen molar-refractivity contribution in [3.63, 3.8) is 0 Å². The van der Waals surface area contributed by atoms with Gasteiger partial charge in [0, 0.05) is 18.6 Å². The third-order valence-corrected chi connectivity index (χ3v) is 5.55. The quantitative estimate of drug-likeness (QED) is 0.720. The topological polar surface area (TPSA) is 94.9 Å². The summed E-state index contributed by atoms with van der Waals surface area (Å²) in [6, 6.07) is -0.580. The zero-order chi connectivity index (χ0) is 13.3. The first-order chi connectivity index (χ1) is 8.39. The van der Waals surface area contributed by atoms with Crippen LogP contribution in [0.15, 0.2) is 0 Å². The molecule has 18 heavy (non-hydrogen) atoms. The molecule has 7 heteroatoms. The molecule has 3 unspecified atom stereocenters. The molecule has 2 aliphatic rings. The maximum absolute atomic E-state index is 11.6. The Morgan fingerprint density at radius 2 is 2.06 bits per heavy atom. The molecule has 6 nitrogen and oxygen atoms in total. The van der Waals surface area contributed by atoms with Crippen LogP contribution in [0.3, 0.4) is 0 Å². The normalized spacial score (nSPS) is 36.6. The average molecular weight is 277 g/mol. The molecular formula is C11H19NO5S. The van der Waals surface area contributed by atoms with E-state index in [1.54, 1.807) is 0 Å². The molecule has 0 bridgehead atoms. The van der Waals surface area contributed by atoms with Gasteiger partial charge in [0.05, 0.1) is 24.0 Å². The van der Waals surface area contributed by atoms with Gasteiger partial charge in [-0.2, -0.15) is 0 Å². The van der Waals surface area contributed by atoms with Gasteiger partial charge in [-0.3, -0.25) is 9.69 Å². The van der Waals surface area contributed by atoms with Gasteiger partial charge in [0.1, 0.15) is 0 Å². The van der Waals surface area contributed by atoms with Crippen LogP contribution < -0.4 is 0 Å². The Morgan fingerprint density at radius 1 is 1.33 bits per heavy atom. The number of nitrogens with zero attached hydrogens (tertiary/aromatic N) is 1. The molecule has 1 saturated heterocycles. The molecule has 0 amide bonds. The Hall–Kier alpha value is -0.660. The largest absolute Gasteiger partial charge is 0.481 e. The van der Waals surface area contributed by atoms with Crippen molar-refractivity contribution >= 4 is 15.8 Å². The lowest BCUT2D eigenvalue weighted by Gasteiger charge is -2.40. The number of rotatable bonds is 3. The van der Waals surface area contributed by atoms with Crippen molar-refractivity contribution in [2.75, 3.05) is 18.1 Å². The first-order valence-electron chi connectivity index (χ1n) is 6.25. The third kappa shape index (κ3) is 3.02. The Morgan fingerprint density at radius 3 is 2.61 bits per heavy atom. The standard InChI is InChI=1S/C11H19NO5S/c13-10-3-1-2-9(10)12-4-5-18(16,17)7-8(12)6-11(14)15/h8-10,13H,1-7H2,(H,14,15). The summed E-state index contributed by atoms with van der Waals surface area (Å²) in [5.74, 6) is -1.04. The summed E-state index contributed by atoms with van der Waals surface area (Å²) in [6.07, 6.45) is 1.81. The summed E-state index contributed by atoms with van der Waals surface area (Å²) in [7, 11) is -3.14. The van der Waals surface area contributed by atoms with Gasteiger partial charge < -0.3 is 10.2 Å². The number of aliphatic hydroxyl groups is 1. The van der Waals surface area contributed by atoms with Crippen LogP contribution >= 0.6 is 0 Å². The molecule has 1 aliphatic heterocycles. The van der Waals surface area contributed by atoms with Crippen LogP contribution in [0.5, 0.6) is 0 Å². The molecule has 2 rings (SSSR count). The Balaban J connectivity index is 2.14. The maximum Gasteiger partial charge on any atom is 0.304 e. The zero-order valence-electron chi connectivity index (χ0n) is 10.2. The maximum atomic E-state index is 11.6. The molecule has 0 aromatic heterocycles. The molecule has 2 fully saturated rings. The molecular weight excluding hydrogens is 258 g/mol. The first kappa shape index (κ1) is 13.8. The van der Waals surface area contributed by atoms with Crippen molar-refractivity contribution in [2.24, 2.45) is 0 Å². The lowest BCUT2D eigenvalue weighted by Crippen LogP contribution is -2.55. The second-order valence-electron chi connectivity index (χ2n) is 5.17. The van der Waals surface area contributed by atoms with Gasteiger partial charge in [-0.05, 0) is 19.3 Å². The summed E-state index contributed by atoms with van der Waals surface area (Å²) in [5.41, 5.74) is 0. The summed E-state index contributed by atoms with van der Waals surface area (Å²) >= 11 is 0. The van der Waals surface area contributed by atoms with Crippen LogP contribution in [0, 0.1) is 0 Å². The van der Waals surface area contributed by atoms with Gasteiger partial charge >= 0.3 is 5.97 Å². The van der Waals surface area contributed by atoms with E-state index in [-0.39, 0.29) is 24.0 Å². The Labute approximate surface area is 107 Å². The number of aliphatic carboxylic acids is 1. The highest BCUT2D eigenvalue weighted by molar-refractivity contribution is 7.91. The first-order valence-corrected chi connectivity index (χ1v) is 8.07. The fraction of sp³-hybridized carbons (Fsp3) is 0.909. The van der Waals surface area contributed by atoms with Gasteiger partial charge in [-0.15, -0.1) is 0 Å². The molecule has 0 aromatic rings. The van der Waals surface area contributed by atoms with Crippen LogP contribution in [0.25, 0.3) is 0 Å². The average Bonchev–Trinajstić information content (AvgIpc) is 2.62. The van der Waals surface area contributed by atoms with E-state index in [4.69, 9.17) is 5.11 Å². The summed E-state index contributed by atoms with van der Waals surface area (Å²) in [5, 5.41) is 18.8. The van der Waals surface area contributed by atoms with Gasteiger partial charge in [-0.25, -0.2) is 8.42 Å². The Kier molecular flexibility index (Phi) is 3.93. The molecule has 0 aromatic carbocycles. The Bertz CT molecular complexity index is 421. The molecule has 1 aliphatic carbocycles. The van der Waals surface area contributed by atoms with Crippen LogP contribution in [0.1, 0.15) is 25.7 Å². The highest BCUT2D eigenvalue weighted by atomic mass is 32.2. The zero-order valence-corrected chi connectivity index (χ0v) is 11.0. The minimum Gasteiger partial charge on any atom is -0.481 e. The van der Waals surface area contributed by atoms with Gasteiger partial charge in [0.15, 0.2) is 9.84 Å². The lowest BCUT2D eigenvalue weighted by molar-refractivity contribution is -0.138. The van der Waals surface area contributed by atoms with Gasteiger partial charge in [-0.1, -0.05) is 0 Å². The monoisotopic (exact) mass is 277 g/mol. The number of aliphatic hydroxyl groups excluding tert-OH is 1. The van der Waals surface area contributed by atoms with Gasteiger partial charge in [0.2, 0.25) is 0 Å². The summed E-state index contributed by atoms with van der Waals surface area (Å²) in [4.78, 5) is 12.7. The van der Waals surface area contributed by atoms with Crippen molar-refractivity contribution in [2.45, 2.75) is 43.9 Å². The summed E-state index contributed by atoms with van der Waals surface area (Å²) < 4.78 is 23.2. The number of sulfone groups is 1. The van der Waals surface area contributed by atoms with Gasteiger partial charge in [0.25, 0.3) is 0 Å². The van der Waals surface area contributed by atoms with Crippen molar-refractivity contribution < 1.29 is 23.4 Å². The smallest absolute Gasteiger partial charge is 0.304 e. The van der Waals surface area contributed by atoms with Crippen LogP contribution in [0.2, 0.25) is 0 Å². The van der Waals surface area contributed by atoms with Crippen molar-refractivity contribution in [1.29, 1.82) is 0 Å². The minimum atomic E-state index is -3.14. The molecule has 104 valence electrons. The SMILES string of the molecule is O=C(O)CC1CS(=O)(=O)CCN1C1CCCC1O. The number of hydrogen-bond donors (Lipinski definition) is 2. The molecule has 2 N–H and O–H groups in total. The van der Waals surface area contributed by atoms with Crippen LogP contribution in [0.4, 0.5) is 0 Å². The van der Waals surface area contributed by atoms with Crippen LogP contribution in [-0.4, -0.2) is 65.7 Å². The fourth-order valence-electron chi connectivity index (χ4n) is 3.02. The van der Waals surface area contributed by atoms with Crippen molar-refractivity contribution in [3.05, 3.63) is 0 Å². The van der Waals surface area contributed by atoms with Crippen molar-refractivity contribution in [1.82, 2.24) is 4.90 Å². The van der Waals surface area contributed by atoms with E-state index in [0.717, 1.165) is 12.8 Å². The molecule has 0 spiro atoms. The van der Waals surface area contributed by atoms with E-state index in [1.165, 1.54) is 0 Å². The van der Waals surface area contributed by atoms with E-state index in [9.17, 15) is 18.3 Å². The predicted molar refractivity (Wildman–Crippen MR) is 65.0 cm³/mol. The highest BCUT2D eigenvalue weighted by Crippen LogP contribution is 2.28. The predicted octanol–water partition coefficient (Wildman–Crippen LogP) is -0.526. The van der Waals surface area contributed by atoms with E-state index in [1.807, 2.05) is 4.90 Å². The molecule has 1 heterocycles. The van der Waals surface area contributed by atoms with E-state index in [2.05, 4.69) is 0 Å².